The maximum absolute atomic E-state index is 13.1. The van der Waals surface area contributed by atoms with Crippen LogP contribution in [0.3, 0.4) is 0 Å². The van der Waals surface area contributed by atoms with Gasteiger partial charge in [-0.1, -0.05) is 18.2 Å². The van der Waals surface area contributed by atoms with Crippen LogP contribution in [0, 0.1) is 11.7 Å². The summed E-state index contributed by atoms with van der Waals surface area (Å²) in [6.07, 6.45) is 4.40. The molecule has 1 aliphatic rings. The van der Waals surface area contributed by atoms with E-state index in [1.807, 2.05) is 12.2 Å². The molecule has 0 spiro atoms. The van der Waals surface area contributed by atoms with Gasteiger partial charge in [0, 0.05) is 25.1 Å². The minimum absolute atomic E-state index is 0.0725. The van der Waals surface area contributed by atoms with Gasteiger partial charge in [0.25, 0.3) is 0 Å². The van der Waals surface area contributed by atoms with Crippen LogP contribution in [0.4, 0.5) is 9.18 Å². The van der Waals surface area contributed by atoms with Crippen LogP contribution in [0.2, 0.25) is 0 Å². The molecule has 2 rings (SSSR count). The van der Waals surface area contributed by atoms with Crippen molar-refractivity contribution < 1.29 is 19.4 Å². The summed E-state index contributed by atoms with van der Waals surface area (Å²) in [4.78, 5) is 11.7. The Kier molecular flexibility index (Phi) is 4.57. The molecule has 1 aromatic carbocycles. The second kappa shape index (κ2) is 6.38. The number of nitrogens with one attached hydrogen (secondary N) is 2. The van der Waals surface area contributed by atoms with Crippen molar-refractivity contribution in [2.24, 2.45) is 5.92 Å². The number of aliphatic hydroxyl groups excluding tert-OH is 1. The van der Waals surface area contributed by atoms with Crippen LogP contribution in [0.25, 0.3) is 0 Å². The average molecular weight is 280 g/mol. The molecule has 6 heteroatoms. The standard InChI is InChI=1S/C14H17FN2O3/c15-12-6-9(2-4-13(12)19)7-16-14(20)17-11-3-1-10(5-11)8-18/h1-4,6,10-11,18-19H,5,7-8H2,(H2,16,17,20)/t10-,11+/m0/s1. The summed E-state index contributed by atoms with van der Waals surface area (Å²) in [6.45, 7) is 0.242. The zero-order valence-electron chi connectivity index (χ0n) is 10.8. The smallest absolute Gasteiger partial charge is 0.315 e. The largest absolute Gasteiger partial charge is 0.505 e. The molecule has 1 aliphatic carbocycles. The fourth-order valence-electron chi connectivity index (χ4n) is 2.08. The molecule has 0 aromatic heterocycles. The fraction of sp³-hybridized carbons (Fsp3) is 0.357. The molecule has 0 heterocycles. The summed E-state index contributed by atoms with van der Waals surface area (Å²) in [5.74, 6) is -1.04. The molecule has 2 atom stereocenters. The Morgan fingerprint density at radius 3 is 2.85 bits per heavy atom. The summed E-state index contributed by atoms with van der Waals surface area (Å²) >= 11 is 0. The van der Waals surface area contributed by atoms with Gasteiger partial charge in [-0.15, -0.1) is 0 Å². The molecule has 0 radical (unpaired) electrons. The third-order valence-corrected chi connectivity index (χ3v) is 3.19. The van der Waals surface area contributed by atoms with Gasteiger partial charge in [-0.05, 0) is 24.1 Å². The minimum Gasteiger partial charge on any atom is -0.505 e. The first-order valence-corrected chi connectivity index (χ1v) is 6.39. The number of phenolic OH excluding ortho intramolecular Hbond substituents is 1. The zero-order chi connectivity index (χ0) is 14.5. The van der Waals surface area contributed by atoms with Gasteiger partial charge in [0.15, 0.2) is 11.6 Å². The van der Waals surface area contributed by atoms with Crippen molar-refractivity contribution in [3.05, 3.63) is 41.7 Å². The molecular weight excluding hydrogens is 263 g/mol. The lowest BCUT2D eigenvalue weighted by Crippen LogP contribution is -2.40. The molecule has 5 nitrogen and oxygen atoms in total. The van der Waals surface area contributed by atoms with Crippen molar-refractivity contribution in [2.75, 3.05) is 6.61 Å². The number of aliphatic hydroxyl groups is 1. The van der Waals surface area contributed by atoms with Crippen LogP contribution < -0.4 is 10.6 Å². The number of carbonyl (C=O) groups excluding carboxylic acids is 1. The molecule has 1 aromatic rings. The van der Waals surface area contributed by atoms with Gasteiger partial charge in [0.1, 0.15) is 0 Å². The highest BCUT2D eigenvalue weighted by Gasteiger charge is 2.19. The van der Waals surface area contributed by atoms with Crippen LogP contribution in [-0.2, 0) is 6.54 Å². The highest BCUT2D eigenvalue weighted by molar-refractivity contribution is 5.74. The predicted molar refractivity (Wildman–Crippen MR) is 71.6 cm³/mol. The molecule has 0 bridgehead atoms. The van der Waals surface area contributed by atoms with Gasteiger partial charge >= 0.3 is 6.03 Å². The Balaban J connectivity index is 1.78. The van der Waals surface area contributed by atoms with E-state index in [2.05, 4.69) is 10.6 Å². The third kappa shape index (κ3) is 3.71. The Morgan fingerprint density at radius 1 is 1.40 bits per heavy atom. The number of hydrogen-bond acceptors (Lipinski definition) is 3. The highest BCUT2D eigenvalue weighted by atomic mass is 19.1. The van der Waals surface area contributed by atoms with Crippen LogP contribution in [-0.4, -0.2) is 28.9 Å². The number of benzene rings is 1. The number of amides is 2. The first-order valence-electron chi connectivity index (χ1n) is 6.39. The summed E-state index contributed by atoms with van der Waals surface area (Å²) < 4.78 is 13.1. The summed E-state index contributed by atoms with van der Waals surface area (Å²) in [6, 6.07) is 3.51. The van der Waals surface area contributed by atoms with Gasteiger partial charge in [-0.2, -0.15) is 0 Å². The fourth-order valence-corrected chi connectivity index (χ4v) is 2.08. The van der Waals surface area contributed by atoms with Crippen molar-refractivity contribution in [1.29, 1.82) is 0 Å². The van der Waals surface area contributed by atoms with Crippen LogP contribution in [0.5, 0.6) is 5.75 Å². The molecule has 20 heavy (non-hydrogen) atoms. The van der Waals surface area contributed by atoms with Crippen molar-refractivity contribution in [3.63, 3.8) is 0 Å². The maximum atomic E-state index is 13.1. The Morgan fingerprint density at radius 2 is 2.20 bits per heavy atom. The molecule has 4 N–H and O–H groups in total. The molecule has 0 saturated carbocycles. The number of aromatic hydroxyl groups is 1. The van der Waals surface area contributed by atoms with E-state index in [0.29, 0.717) is 12.0 Å². The number of urea groups is 1. The Hall–Kier alpha value is -2.08. The van der Waals surface area contributed by atoms with Crippen LogP contribution in [0.1, 0.15) is 12.0 Å². The number of rotatable bonds is 4. The van der Waals surface area contributed by atoms with Gasteiger partial charge in [-0.25, -0.2) is 9.18 Å². The van der Waals surface area contributed by atoms with E-state index >= 15 is 0 Å². The van der Waals surface area contributed by atoms with Crippen molar-refractivity contribution in [3.8, 4) is 5.75 Å². The second-order valence-electron chi connectivity index (χ2n) is 4.78. The number of carbonyl (C=O) groups is 1. The predicted octanol–water partition coefficient (Wildman–Crippen LogP) is 1.27. The molecule has 0 aliphatic heterocycles. The third-order valence-electron chi connectivity index (χ3n) is 3.19. The molecule has 0 saturated heterocycles. The van der Waals surface area contributed by atoms with Crippen molar-refractivity contribution in [2.45, 2.75) is 19.0 Å². The van der Waals surface area contributed by atoms with E-state index in [9.17, 15) is 9.18 Å². The van der Waals surface area contributed by atoms with Gasteiger partial charge in [0.2, 0.25) is 0 Å². The van der Waals surface area contributed by atoms with Crippen molar-refractivity contribution in [1.82, 2.24) is 10.6 Å². The quantitative estimate of drug-likeness (QED) is 0.627. The van der Waals surface area contributed by atoms with Gasteiger partial charge in [0.05, 0.1) is 0 Å². The lowest BCUT2D eigenvalue weighted by atomic mass is 10.1. The first-order chi connectivity index (χ1) is 9.58. The summed E-state index contributed by atoms with van der Waals surface area (Å²) in [5, 5.41) is 23.4. The normalized spacial score (nSPS) is 20.9. The van der Waals surface area contributed by atoms with Gasteiger partial charge < -0.3 is 20.8 Å². The molecule has 108 valence electrons. The van der Waals surface area contributed by atoms with E-state index in [1.165, 1.54) is 18.2 Å². The van der Waals surface area contributed by atoms with E-state index in [-0.39, 0.29) is 31.1 Å². The second-order valence-corrected chi connectivity index (χ2v) is 4.78. The molecule has 0 unspecified atom stereocenters. The van der Waals surface area contributed by atoms with E-state index in [4.69, 9.17) is 10.2 Å². The van der Waals surface area contributed by atoms with Gasteiger partial charge in [-0.3, -0.25) is 0 Å². The molecule has 0 fully saturated rings. The number of halogens is 1. The SMILES string of the molecule is O=C(NCc1ccc(O)c(F)c1)N[C@@H]1C=C[C@H](CO)C1. The Bertz CT molecular complexity index is 519. The monoisotopic (exact) mass is 280 g/mol. The van der Waals surface area contributed by atoms with E-state index in [1.54, 1.807) is 0 Å². The first kappa shape index (κ1) is 14.3. The van der Waals surface area contributed by atoms with Crippen LogP contribution >= 0.6 is 0 Å². The Labute approximate surface area is 116 Å². The molecule has 2 amide bonds. The minimum atomic E-state index is -0.714. The maximum Gasteiger partial charge on any atom is 0.315 e. The highest BCUT2D eigenvalue weighted by Crippen LogP contribution is 2.17. The lowest BCUT2D eigenvalue weighted by Gasteiger charge is -2.13. The van der Waals surface area contributed by atoms with Crippen molar-refractivity contribution >= 4 is 6.03 Å². The molecular formula is C14H17FN2O3. The lowest BCUT2D eigenvalue weighted by molar-refractivity contribution is 0.231. The number of hydrogen-bond donors (Lipinski definition) is 4. The summed E-state index contributed by atoms with van der Waals surface area (Å²) in [5.41, 5.74) is 0.561. The average Bonchev–Trinajstić information content (AvgIpc) is 2.88. The zero-order valence-corrected chi connectivity index (χ0v) is 10.8. The topological polar surface area (TPSA) is 81.6 Å². The summed E-state index contributed by atoms with van der Waals surface area (Å²) in [7, 11) is 0. The van der Waals surface area contributed by atoms with E-state index < -0.39 is 11.6 Å². The van der Waals surface area contributed by atoms with E-state index in [0.717, 1.165) is 0 Å². The number of phenols is 1. The van der Waals surface area contributed by atoms with Crippen LogP contribution in [0.15, 0.2) is 30.4 Å².